The molecule has 0 saturated heterocycles. The molecule has 1 N–H and O–H groups in total. The van der Waals surface area contributed by atoms with Crippen molar-refractivity contribution in [1.82, 2.24) is 0 Å². The lowest BCUT2D eigenvalue weighted by molar-refractivity contribution is -0.141. The quantitative estimate of drug-likeness (QED) is 0.286. The molecule has 1 unspecified atom stereocenters. The van der Waals surface area contributed by atoms with E-state index < -0.39 is 11.5 Å². The van der Waals surface area contributed by atoms with Gasteiger partial charge in [0, 0.05) is 5.56 Å². The normalized spacial score (nSPS) is 15.0. The molecule has 202 valence electrons. The third-order valence-electron chi connectivity index (χ3n) is 7.19. The summed E-state index contributed by atoms with van der Waals surface area (Å²) in [4.78, 5) is 12.0. The standard InChI is InChI=1S/C32H37FO5/c1-32(2,3)31(35)28-15-20(9-13-25(28)27-17-23(36-4)12-14-29(27)33)19-38-24-8-6-7-22(16-24)26(21-10-11-21)18-30(34)37-5/h6-9,12-17,21,26,31,35H,10-11,18-19H2,1-5H3/t26-,31?/m1/s1. The molecule has 3 aromatic rings. The first-order valence-electron chi connectivity index (χ1n) is 13.0. The van der Waals surface area contributed by atoms with Gasteiger partial charge in [0.2, 0.25) is 0 Å². The van der Waals surface area contributed by atoms with Crippen molar-refractivity contribution < 1.29 is 28.5 Å². The Bertz CT molecular complexity index is 1280. The van der Waals surface area contributed by atoms with E-state index >= 15 is 0 Å². The van der Waals surface area contributed by atoms with Gasteiger partial charge in [-0.2, -0.15) is 0 Å². The van der Waals surface area contributed by atoms with E-state index in [0.29, 0.717) is 40.5 Å². The van der Waals surface area contributed by atoms with Crippen LogP contribution in [0, 0.1) is 17.2 Å². The fourth-order valence-corrected chi connectivity index (χ4v) is 4.80. The van der Waals surface area contributed by atoms with Gasteiger partial charge in [-0.15, -0.1) is 0 Å². The van der Waals surface area contributed by atoms with Gasteiger partial charge in [-0.05, 0) is 88.7 Å². The molecule has 0 radical (unpaired) electrons. The van der Waals surface area contributed by atoms with Crippen LogP contribution in [0.2, 0.25) is 0 Å². The van der Waals surface area contributed by atoms with Crippen molar-refractivity contribution in [2.75, 3.05) is 14.2 Å². The average Bonchev–Trinajstić information content (AvgIpc) is 3.75. The van der Waals surface area contributed by atoms with Gasteiger partial charge in [0.05, 0.1) is 26.7 Å². The minimum Gasteiger partial charge on any atom is -0.497 e. The number of ether oxygens (including phenoxy) is 3. The molecule has 1 aliphatic rings. The molecule has 0 bridgehead atoms. The molecule has 6 heteroatoms. The van der Waals surface area contributed by atoms with Crippen molar-refractivity contribution >= 4 is 5.97 Å². The Morgan fingerprint density at radius 1 is 1.00 bits per heavy atom. The van der Waals surface area contributed by atoms with E-state index in [0.717, 1.165) is 24.0 Å². The molecule has 0 aromatic heterocycles. The second kappa shape index (κ2) is 11.6. The molecule has 0 aliphatic heterocycles. The maximum Gasteiger partial charge on any atom is 0.306 e. The van der Waals surface area contributed by atoms with Gasteiger partial charge in [0.1, 0.15) is 23.9 Å². The molecule has 1 aliphatic carbocycles. The zero-order valence-electron chi connectivity index (χ0n) is 22.8. The first kappa shape index (κ1) is 27.6. The van der Waals surface area contributed by atoms with Crippen molar-refractivity contribution in [2.24, 2.45) is 11.3 Å². The van der Waals surface area contributed by atoms with Crippen molar-refractivity contribution in [2.45, 2.75) is 58.7 Å². The summed E-state index contributed by atoms with van der Waals surface area (Å²) < 4.78 is 31.2. The van der Waals surface area contributed by atoms with Crippen LogP contribution in [0.15, 0.2) is 60.7 Å². The van der Waals surface area contributed by atoms with Crippen LogP contribution in [0.3, 0.4) is 0 Å². The topological polar surface area (TPSA) is 65.0 Å². The largest absolute Gasteiger partial charge is 0.497 e. The van der Waals surface area contributed by atoms with Crippen molar-refractivity contribution in [1.29, 1.82) is 0 Å². The van der Waals surface area contributed by atoms with E-state index in [1.807, 2.05) is 63.2 Å². The Balaban J connectivity index is 1.60. The number of rotatable bonds is 10. The second-order valence-corrected chi connectivity index (χ2v) is 11.1. The smallest absolute Gasteiger partial charge is 0.306 e. The van der Waals surface area contributed by atoms with Gasteiger partial charge in [-0.3, -0.25) is 4.79 Å². The molecule has 1 fully saturated rings. The summed E-state index contributed by atoms with van der Waals surface area (Å²) in [6.45, 7) is 6.12. The van der Waals surface area contributed by atoms with Crippen LogP contribution in [0.25, 0.3) is 11.1 Å². The first-order valence-corrected chi connectivity index (χ1v) is 13.0. The third-order valence-corrected chi connectivity index (χ3v) is 7.19. The number of halogens is 1. The van der Waals surface area contributed by atoms with E-state index in [1.54, 1.807) is 19.2 Å². The lowest BCUT2D eigenvalue weighted by atomic mass is 9.81. The summed E-state index contributed by atoms with van der Waals surface area (Å²) in [7, 11) is 2.96. The van der Waals surface area contributed by atoms with Gasteiger partial charge < -0.3 is 19.3 Å². The second-order valence-electron chi connectivity index (χ2n) is 11.1. The Morgan fingerprint density at radius 3 is 2.42 bits per heavy atom. The van der Waals surface area contributed by atoms with Crippen LogP contribution in [0.5, 0.6) is 11.5 Å². The lowest BCUT2D eigenvalue weighted by Crippen LogP contribution is -2.19. The molecule has 0 spiro atoms. The number of aliphatic hydroxyl groups is 1. The molecule has 5 nitrogen and oxygen atoms in total. The summed E-state index contributed by atoms with van der Waals surface area (Å²) in [6.07, 6.45) is 1.77. The predicted octanol–water partition coefficient (Wildman–Crippen LogP) is 7.22. The Morgan fingerprint density at radius 2 is 1.76 bits per heavy atom. The summed E-state index contributed by atoms with van der Waals surface area (Å²) in [5.74, 6) is 1.28. The number of aliphatic hydroxyl groups excluding tert-OH is 1. The number of methoxy groups -OCH3 is 2. The van der Waals surface area contributed by atoms with E-state index in [9.17, 15) is 14.3 Å². The molecule has 1 saturated carbocycles. The van der Waals surface area contributed by atoms with Crippen LogP contribution >= 0.6 is 0 Å². The average molecular weight is 521 g/mol. The lowest BCUT2D eigenvalue weighted by Gasteiger charge is -2.28. The number of hydrogen-bond acceptors (Lipinski definition) is 5. The van der Waals surface area contributed by atoms with E-state index in [4.69, 9.17) is 14.2 Å². The molecule has 3 aromatic carbocycles. The third kappa shape index (κ3) is 6.54. The van der Waals surface area contributed by atoms with Crippen LogP contribution in [0.4, 0.5) is 4.39 Å². The highest BCUT2D eigenvalue weighted by Crippen LogP contribution is 2.45. The van der Waals surface area contributed by atoms with Crippen LogP contribution in [-0.4, -0.2) is 25.3 Å². The Labute approximate surface area is 224 Å². The summed E-state index contributed by atoms with van der Waals surface area (Å²) >= 11 is 0. The molecular formula is C32H37FO5. The minimum atomic E-state index is -0.830. The van der Waals surface area contributed by atoms with Gasteiger partial charge in [0.25, 0.3) is 0 Å². The Kier molecular flexibility index (Phi) is 8.41. The maximum atomic E-state index is 14.9. The molecule has 0 heterocycles. The number of carbonyl (C=O) groups is 1. The van der Waals surface area contributed by atoms with E-state index in [-0.39, 0.29) is 24.3 Å². The fourth-order valence-electron chi connectivity index (χ4n) is 4.80. The highest BCUT2D eigenvalue weighted by atomic mass is 19.1. The minimum absolute atomic E-state index is 0.122. The number of carbonyl (C=O) groups excluding carboxylic acids is 1. The molecule has 2 atom stereocenters. The molecular weight excluding hydrogens is 483 g/mol. The molecule has 0 amide bonds. The zero-order chi connectivity index (χ0) is 27.4. The first-order chi connectivity index (χ1) is 18.1. The molecule has 4 rings (SSSR count). The van der Waals surface area contributed by atoms with Gasteiger partial charge in [-0.1, -0.05) is 45.0 Å². The molecule has 38 heavy (non-hydrogen) atoms. The van der Waals surface area contributed by atoms with Gasteiger partial charge >= 0.3 is 5.97 Å². The van der Waals surface area contributed by atoms with E-state index in [1.165, 1.54) is 13.2 Å². The number of esters is 1. The monoisotopic (exact) mass is 520 g/mol. The van der Waals surface area contributed by atoms with Gasteiger partial charge in [-0.25, -0.2) is 4.39 Å². The van der Waals surface area contributed by atoms with E-state index in [2.05, 4.69) is 0 Å². The fraction of sp³-hybridized carbons (Fsp3) is 0.406. The summed E-state index contributed by atoms with van der Waals surface area (Å²) in [5, 5.41) is 11.2. The van der Waals surface area contributed by atoms with Crippen molar-refractivity contribution in [3.8, 4) is 22.6 Å². The maximum absolute atomic E-state index is 14.9. The number of hydrogen-bond donors (Lipinski definition) is 1. The Hall–Kier alpha value is -3.38. The highest BCUT2D eigenvalue weighted by molar-refractivity contribution is 5.71. The predicted molar refractivity (Wildman–Crippen MR) is 146 cm³/mol. The highest BCUT2D eigenvalue weighted by Gasteiger charge is 2.34. The summed E-state index contributed by atoms with van der Waals surface area (Å²) in [5.41, 5.74) is 3.09. The number of benzene rings is 3. The summed E-state index contributed by atoms with van der Waals surface area (Å²) in [6, 6.07) is 18.1. The van der Waals surface area contributed by atoms with Gasteiger partial charge in [0.15, 0.2) is 0 Å². The van der Waals surface area contributed by atoms with Crippen LogP contribution in [-0.2, 0) is 16.1 Å². The van der Waals surface area contributed by atoms with Crippen LogP contribution in [0.1, 0.15) is 68.7 Å². The van der Waals surface area contributed by atoms with Crippen molar-refractivity contribution in [3.05, 3.63) is 83.2 Å². The zero-order valence-corrected chi connectivity index (χ0v) is 22.8. The van der Waals surface area contributed by atoms with Crippen LogP contribution < -0.4 is 9.47 Å². The van der Waals surface area contributed by atoms with Crippen molar-refractivity contribution in [3.63, 3.8) is 0 Å². The SMILES string of the molecule is COC(=O)C[C@@H](c1cccc(OCc2ccc(-c3cc(OC)ccc3F)c(C(O)C(C)(C)C)c2)c1)C1CC1.